The predicted molar refractivity (Wildman–Crippen MR) is 114 cm³/mol. The van der Waals surface area contributed by atoms with Gasteiger partial charge in [0.15, 0.2) is 28.2 Å². The maximum atomic E-state index is 14.1. The molecule has 0 aliphatic heterocycles. The first kappa shape index (κ1) is 27.0. The van der Waals surface area contributed by atoms with E-state index in [2.05, 4.69) is 4.18 Å². The Hall–Kier alpha value is -2.08. The summed E-state index contributed by atoms with van der Waals surface area (Å²) in [6.45, 7) is 2.67. The molecule has 3 aliphatic carbocycles. The molecular weight excluding hydrogens is 511 g/mol. The molecule has 6 nitrogen and oxygen atoms in total. The molecule has 36 heavy (non-hydrogen) atoms. The third-order valence-electron chi connectivity index (χ3n) is 8.63. The molecule has 1 aromatic carbocycles. The van der Waals surface area contributed by atoms with Gasteiger partial charge in [0.2, 0.25) is 5.82 Å². The lowest BCUT2D eigenvalue weighted by Gasteiger charge is -2.43. The van der Waals surface area contributed by atoms with Crippen molar-refractivity contribution in [3.8, 4) is 0 Å². The molecule has 1 aromatic rings. The second-order valence-corrected chi connectivity index (χ2v) is 11.9. The van der Waals surface area contributed by atoms with E-state index in [1.165, 1.54) is 0 Å². The van der Waals surface area contributed by atoms with Gasteiger partial charge in [0, 0.05) is 5.92 Å². The van der Waals surface area contributed by atoms with Crippen LogP contribution in [0.15, 0.2) is 4.90 Å². The fourth-order valence-corrected chi connectivity index (χ4v) is 7.60. The number of carbonyl (C=O) groups is 2. The van der Waals surface area contributed by atoms with Gasteiger partial charge in [0.1, 0.15) is 16.8 Å². The second kappa shape index (κ2) is 9.04. The van der Waals surface area contributed by atoms with Crippen molar-refractivity contribution in [1.29, 1.82) is 0 Å². The minimum atomic E-state index is -5.61. The molecule has 0 radical (unpaired) electrons. The van der Waals surface area contributed by atoms with Crippen LogP contribution in [-0.2, 0) is 28.6 Å². The summed E-state index contributed by atoms with van der Waals surface area (Å²) in [5.74, 6) is -13.1. The van der Waals surface area contributed by atoms with Crippen molar-refractivity contribution in [1.82, 2.24) is 0 Å². The number of carbonyl (C=O) groups excluding carboxylic acids is 2. The molecule has 6 unspecified atom stereocenters. The summed E-state index contributed by atoms with van der Waals surface area (Å²) >= 11 is 0. The summed E-state index contributed by atoms with van der Waals surface area (Å²) in [7, 11) is -5.61. The van der Waals surface area contributed by atoms with Crippen molar-refractivity contribution < 1.29 is 48.9 Å². The number of halogens is 5. The number of benzene rings is 1. The number of hydrogen-bond acceptors (Lipinski definition) is 6. The third kappa shape index (κ3) is 3.95. The highest BCUT2D eigenvalue weighted by atomic mass is 32.2. The monoisotopic (exact) mass is 538 g/mol. The molecule has 3 saturated carbocycles. The average molecular weight is 539 g/mol. The zero-order valence-electron chi connectivity index (χ0n) is 20.0. The van der Waals surface area contributed by atoms with Crippen molar-refractivity contribution in [2.75, 3.05) is 6.61 Å². The van der Waals surface area contributed by atoms with Crippen LogP contribution in [0.5, 0.6) is 0 Å². The van der Waals surface area contributed by atoms with E-state index in [1.54, 1.807) is 0 Å². The molecule has 2 bridgehead atoms. The number of fused-ring (bicyclic) bond motifs is 5. The van der Waals surface area contributed by atoms with Gasteiger partial charge in [0.25, 0.3) is 0 Å². The molecule has 6 atom stereocenters. The Morgan fingerprint density at radius 2 is 1.56 bits per heavy atom. The Kier molecular flexibility index (Phi) is 6.77. The molecule has 0 saturated heterocycles. The zero-order chi connectivity index (χ0) is 26.8. The molecule has 12 heteroatoms. The van der Waals surface area contributed by atoms with Gasteiger partial charge in [-0.05, 0) is 63.7 Å². The van der Waals surface area contributed by atoms with Gasteiger partial charge in [-0.25, -0.2) is 22.0 Å². The van der Waals surface area contributed by atoms with E-state index in [0.717, 1.165) is 39.5 Å². The number of hydrogen-bond donors (Lipinski definition) is 0. The topological polar surface area (TPSA) is 86.7 Å². The zero-order valence-corrected chi connectivity index (χ0v) is 20.8. The number of rotatable bonds is 8. The summed E-state index contributed by atoms with van der Waals surface area (Å²) in [6, 6.07) is 0. The van der Waals surface area contributed by atoms with E-state index in [-0.39, 0.29) is 5.92 Å². The highest BCUT2D eigenvalue weighted by Crippen LogP contribution is 2.64. The Morgan fingerprint density at radius 1 is 1.00 bits per heavy atom. The van der Waals surface area contributed by atoms with Crippen LogP contribution in [0, 0.1) is 58.2 Å². The minimum Gasteiger partial charge on any atom is -0.458 e. The predicted octanol–water partition coefficient (Wildman–Crippen LogP) is 4.83. The molecule has 0 aromatic heterocycles. The first-order valence-electron chi connectivity index (χ1n) is 11.9. The summed E-state index contributed by atoms with van der Waals surface area (Å²) in [6.07, 6.45) is 5.27. The first-order chi connectivity index (χ1) is 16.7. The number of ketones is 1. The minimum absolute atomic E-state index is 0.109. The molecular formula is C24H27F5O6S. The highest BCUT2D eigenvalue weighted by Gasteiger charge is 2.63. The van der Waals surface area contributed by atoms with E-state index in [0.29, 0.717) is 30.6 Å². The quantitative estimate of drug-likeness (QED) is 0.118. The van der Waals surface area contributed by atoms with Crippen molar-refractivity contribution in [2.45, 2.75) is 69.8 Å². The summed E-state index contributed by atoms with van der Waals surface area (Å²) in [4.78, 5) is 23.6. The molecule has 3 aliphatic rings. The van der Waals surface area contributed by atoms with E-state index in [4.69, 9.17) is 4.74 Å². The summed E-state index contributed by atoms with van der Waals surface area (Å²) in [5, 5.41) is 0. The molecule has 4 rings (SSSR count). The van der Waals surface area contributed by atoms with Gasteiger partial charge in [-0.15, -0.1) is 0 Å². The fraction of sp³-hybridized carbons (Fsp3) is 0.667. The van der Waals surface area contributed by atoms with Crippen LogP contribution in [0.4, 0.5) is 22.0 Å². The largest absolute Gasteiger partial charge is 0.458 e. The van der Waals surface area contributed by atoms with E-state index < -0.39 is 73.5 Å². The van der Waals surface area contributed by atoms with Crippen LogP contribution in [-0.4, -0.2) is 32.4 Å². The van der Waals surface area contributed by atoms with Crippen LogP contribution in [0.1, 0.15) is 59.3 Å². The average Bonchev–Trinajstić information content (AvgIpc) is 3.52. The van der Waals surface area contributed by atoms with Crippen molar-refractivity contribution >= 4 is 21.9 Å². The molecule has 0 spiro atoms. The van der Waals surface area contributed by atoms with Gasteiger partial charge in [-0.3, -0.25) is 13.8 Å². The van der Waals surface area contributed by atoms with Crippen LogP contribution in [0.3, 0.4) is 0 Å². The number of esters is 1. The van der Waals surface area contributed by atoms with Gasteiger partial charge in [-0.2, -0.15) is 8.42 Å². The molecule has 0 heterocycles. The standard InChI is InChI=1S/C24H27F5O6S/c1-4-24(9-12-8-15(24)14-7-5-6-13(12)14)35-22(31)23(3,11(2)30)10-34-36(32,33)21-19(28)17(26)16(25)18(27)20(21)29/h12-15H,4-10H2,1-3H3. The third-order valence-corrected chi connectivity index (χ3v) is 9.92. The van der Waals surface area contributed by atoms with Gasteiger partial charge in [-0.1, -0.05) is 13.3 Å². The van der Waals surface area contributed by atoms with Gasteiger partial charge in [0.05, 0.1) is 6.61 Å². The number of Topliss-reactive ketones (excluding diaryl/α,β-unsaturated/α-hetero) is 1. The Balaban J connectivity index is 1.58. The first-order valence-corrected chi connectivity index (χ1v) is 13.3. The summed E-state index contributed by atoms with van der Waals surface area (Å²) < 4.78 is 104. The van der Waals surface area contributed by atoms with Crippen LogP contribution in [0.2, 0.25) is 0 Å². The van der Waals surface area contributed by atoms with Gasteiger partial charge < -0.3 is 4.74 Å². The Morgan fingerprint density at radius 3 is 2.11 bits per heavy atom. The Bertz CT molecular complexity index is 1190. The fourth-order valence-electron chi connectivity index (χ4n) is 6.47. The molecule has 200 valence electrons. The normalized spacial score (nSPS) is 30.8. The van der Waals surface area contributed by atoms with Crippen LogP contribution >= 0.6 is 0 Å². The van der Waals surface area contributed by atoms with E-state index >= 15 is 0 Å². The molecule has 0 N–H and O–H groups in total. The maximum absolute atomic E-state index is 14.1. The second-order valence-electron chi connectivity index (χ2n) is 10.4. The van der Waals surface area contributed by atoms with Crippen molar-refractivity contribution in [3.63, 3.8) is 0 Å². The SMILES string of the molecule is CCC1(OC(=O)C(C)(COS(=O)(=O)c2c(F)c(F)c(F)c(F)c2F)C(C)=O)CC2CC1C1CCCC21. The van der Waals surface area contributed by atoms with Crippen molar-refractivity contribution in [2.24, 2.45) is 29.1 Å². The lowest BCUT2D eigenvalue weighted by Crippen LogP contribution is -2.50. The lowest BCUT2D eigenvalue weighted by atomic mass is 9.71. The van der Waals surface area contributed by atoms with Crippen LogP contribution in [0.25, 0.3) is 0 Å². The molecule has 3 fully saturated rings. The van der Waals surface area contributed by atoms with Crippen LogP contribution < -0.4 is 0 Å². The van der Waals surface area contributed by atoms with Gasteiger partial charge >= 0.3 is 16.1 Å². The van der Waals surface area contributed by atoms with Crippen molar-refractivity contribution in [3.05, 3.63) is 29.1 Å². The smallest absolute Gasteiger partial charge is 0.322 e. The highest BCUT2D eigenvalue weighted by molar-refractivity contribution is 7.86. The van der Waals surface area contributed by atoms with E-state index in [9.17, 15) is 40.0 Å². The Labute approximate surface area is 205 Å². The summed E-state index contributed by atoms with van der Waals surface area (Å²) in [5.41, 5.74) is -3.04. The van der Waals surface area contributed by atoms with E-state index in [1.807, 2.05) is 6.92 Å². The lowest BCUT2D eigenvalue weighted by molar-refractivity contribution is -0.184. The molecule has 0 amide bonds. The number of ether oxygens (including phenoxy) is 1. The maximum Gasteiger partial charge on any atom is 0.322 e.